The second-order valence-corrected chi connectivity index (χ2v) is 6.54. The molecule has 1 atom stereocenters. The number of hydrogen-bond donors (Lipinski definition) is 1. The molecule has 0 saturated heterocycles. The SMILES string of the molecule is NCC(C1CCCCCC1)N1CCc2ccccc2C1. The molecule has 2 nitrogen and oxygen atoms in total. The molecule has 0 bridgehead atoms. The van der Waals surface area contributed by atoms with Crippen molar-refractivity contribution in [2.75, 3.05) is 13.1 Å². The van der Waals surface area contributed by atoms with Crippen LogP contribution in [0.15, 0.2) is 24.3 Å². The number of benzene rings is 1. The first-order chi connectivity index (χ1) is 9.88. The van der Waals surface area contributed by atoms with Crippen LogP contribution in [0.4, 0.5) is 0 Å². The van der Waals surface area contributed by atoms with Crippen molar-refractivity contribution in [3.8, 4) is 0 Å². The maximum Gasteiger partial charge on any atom is 0.0250 e. The predicted octanol–water partition coefficient (Wildman–Crippen LogP) is 3.34. The van der Waals surface area contributed by atoms with Crippen LogP contribution in [-0.2, 0) is 13.0 Å². The van der Waals surface area contributed by atoms with Gasteiger partial charge in [0.25, 0.3) is 0 Å². The molecule has 2 aliphatic rings. The molecule has 1 aromatic rings. The molecular formula is C18H28N2. The summed E-state index contributed by atoms with van der Waals surface area (Å²) in [7, 11) is 0. The minimum atomic E-state index is 0.599. The summed E-state index contributed by atoms with van der Waals surface area (Å²) in [6.45, 7) is 3.12. The van der Waals surface area contributed by atoms with Crippen LogP contribution in [0, 0.1) is 5.92 Å². The van der Waals surface area contributed by atoms with E-state index in [1.165, 1.54) is 57.1 Å². The maximum atomic E-state index is 6.16. The van der Waals surface area contributed by atoms with E-state index < -0.39 is 0 Å². The smallest absolute Gasteiger partial charge is 0.0250 e. The van der Waals surface area contributed by atoms with E-state index in [1.54, 1.807) is 5.56 Å². The number of nitrogens with two attached hydrogens (primary N) is 1. The molecule has 0 radical (unpaired) electrons. The third-order valence-electron chi connectivity index (χ3n) is 5.31. The van der Waals surface area contributed by atoms with Gasteiger partial charge in [-0.25, -0.2) is 0 Å². The van der Waals surface area contributed by atoms with E-state index in [4.69, 9.17) is 5.73 Å². The van der Waals surface area contributed by atoms with Gasteiger partial charge in [-0.3, -0.25) is 4.90 Å². The Morgan fingerprint density at radius 3 is 2.45 bits per heavy atom. The Bertz CT molecular complexity index is 421. The van der Waals surface area contributed by atoms with Crippen molar-refractivity contribution in [2.24, 2.45) is 11.7 Å². The highest BCUT2D eigenvalue weighted by molar-refractivity contribution is 5.29. The lowest BCUT2D eigenvalue weighted by Gasteiger charge is -2.39. The first-order valence-electron chi connectivity index (χ1n) is 8.39. The molecule has 2 heteroatoms. The Balaban J connectivity index is 1.70. The number of hydrogen-bond acceptors (Lipinski definition) is 2. The highest BCUT2D eigenvalue weighted by Crippen LogP contribution is 2.30. The Morgan fingerprint density at radius 1 is 1.05 bits per heavy atom. The molecule has 1 fully saturated rings. The number of nitrogens with zero attached hydrogens (tertiary/aromatic N) is 1. The highest BCUT2D eigenvalue weighted by atomic mass is 15.2. The van der Waals surface area contributed by atoms with Crippen molar-refractivity contribution in [3.63, 3.8) is 0 Å². The summed E-state index contributed by atoms with van der Waals surface area (Å²) in [5.41, 5.74) is 9.23. The van der Waals surface area contributed by atoms with Crippen molar-refractivity contribution >= 4 is 0 Å². The van der Waals surface area contributed by atoms with Gasteiger partial charge in [0, 0.05) is 25.7 Å². The van der Waals surface area contributed by atoms with E-state index in [1.807, 2.05) is 0 Å². The zero-order valence-electron chi connectivity index (χ0n) is 12.6. The summed E-state index contributed by atoms with van der Waals surface area (Å²) >= 11 is 0. The number of rotatable bonds is 3. The summed E-state index contributed by atoms with van der Waals surface area (Å²) < 4.78 is 0. The Morgan fingerprint density at radius 2 is 1.75 bits per heavy atom. The molecule has 20 heavy (non-hydrogen) atoms. The molecule has 110 valence electrons. The second-order valence-electron chi connectivity index (χ2n) is 6.54. The fourth-order valence-corrected chi connectivity index (χ4v) is 4.14. The molecule has 3 rings (SSSR count). The van der Waals surface area contributed by atoms with Crippen molar-refractivity contribution in [2.45, 2.75) is 57.5 Å². The highest BCUT2D eigenvalue weighted by Gasteiger charge is 2.29. The van der Waals surface area contributed by atoms with Crippen LogP contribution in [0.5, 0.6) is 0 Å². The molecule has 0 spiro atoms. The van der Waals surface area contributed by atoms with Crippen LogP contribution in [0.2, 0.25) is 0 Å². The molecule has 1 heterocycles. The van der Waals surface area contributed by atoms with Gasteiger partial charge in [-0.15, -0.1) is 0 Å². The Hall–Kier alpha value is -0.860. The van der Waals surface area contributed by atoms with Gasteiger partial charge in [0.05, 0.1) is 0 Å². The fraction of sp³-hybridized carbons (Fsp3) is 0.667. The lowest BCUT2D eigenvalue weighted by atomic mass is 9.88. The minimum absolute atomic E-state index is 0.599. The standard InChI is InChI=1S/C18H28N2/c19-13-18(16-8-3-1-2-4-9-16)20-12-11-15-7-5-6-10-17(15)14-20/h5-7,10,16,18H,1-4,8-9,11-14,19H2. The van der Waals surface area contributed by atoms with Crippen molar-refractivity contribution in [1.29, 1.82) is 0 Å². The van der Waals surface area contributed by atoms with E-state index in [0.717, 1.165) is 19.0 Å². The average Bonchev–Trinajstić information content (AvgIpc) is 2.77. The molecular weight excluding hydrogens is 244 g/mol. The monoisotopic (exact) mass is 272 g/mol. The predicted molar refractivity (Wildman–Crippen MR) is 84.6 cm³/mol. The van der Waals surface area contributed by atoms with Crippen LogP contribution < -0.4 is 5.73 Å². The third-order valence-corrected chi connectivity index (χ3v) is 5.31. The molecule has 0 aromatic heterocycles. The van der Waals surface area contributed by atoms with E-state index >= 15 is 0 Å². The number of fused-ring (bicyclic) bond motifs is 1. The molecule has 1 aliphatic heterocycles. The van der Waals surface area contributed by atoms with Gasteiger partial charge in [-0.2, -0.15) is 0 Å². The summed E-state index contributed by atoms with van der Waals surface area (Å²) in [5, 5.41) is 0. The topological polar surface area (TPSA) is 29.3 Å². The zero-order chi connectivity index (χ0) is 13.8. The molecule has 1 unspecified atom stereocenters. The maximum absolute atomic E-state index is 6.16. The van der Waals surface area contributed by atoms with Crippen LogP contribution in [0.1, 0.15) is 49.7 Å². The van der Waals surface area contributed by atoms with Crippen molar-refractivity contribution in [3.05, 3.63) is 35.4 Å². The minimum Gasteiger partial charge on any atom is -0.329 e. The molecule has 1 aliphatic carbocycles. The quantitative estimate of drug-likeness (QED) is 0.855. The molecule has 1 aromatic carbocycles. The molecule has 2 N–H and O–H groups in total. The van der Waals surface area contributed by atoms with E-state index in [-0.39, 0.29) is 0 Å². The third kappa shape index (κ3) is 3.07. The van der Waals surface area contributed by atoms with Gasteiger partial charge < -0.3 is 5.73 Å². The normalized spacial score (nSPS) is 23.1. The summed E-state index contributed by atoms with van der Waals surface area (Å²) in [5.74, 6) is 0.827. The van der Waals surface area contributed by atoms with Gasteiger partial charge in [0.2, 0.25) is 0 Å². The summed E-state index contributed by atoms with van der Waals surface area (Å²) in [4.78, 5) is 2.66. The Kier molecular flexibility index (Phi) is 4.74. The summed E-state index contributed by atoms with van der Waals surface area (Å²) in [6.07, 6.45) is 9.64. The van der Waals surface area contributed by atoms with Crippen molar-refractivity contribution < 1.29 is 0 Å². The fourth-order valence-electron chi connectivity index (χ4n) is 4.14. The van der Waals surface area contributed by atoms with Crippen molar-refractivity contribution in [1.82, 2.24) is 4.90 Å². The molecule has 0 amide bonds. The second kappa shape index (κ2) is 6.73. The summed E-state index contributed by atoms with van der Waals surface area (Å²) in [6, 6.07) is 9.52. The van der Waals surface area contributed by atoms with E-state index in [2.05, 4.69) is 29.2 Å². The average molecular weight is 272 g/mol. The lowest BCUT2D eigenvalue weighted by Crippen LogP contribution is -2.47. The first-order valence-corrected chi connectivity index (χ1v) is 8.39. The zero-order valence-corrected chi connectivity index (χ0v) is 12.6. The van der Waals surface area contributed by atoms with Gasteiger partial charge in [0.15, 0.2) is 0 Å². The van der Waals surface area contributed by atoms with Crippen LogP contribution in [0.3, 0.4) is 0 Å². The molecule has 1 saturated carbocycles. The first kappa shape index (κ1) is 14.1. The van der Waals surface area contributed by atoms with Crippen LogP contribution in [-0.4, -0.2) is 24.0 Å². The van der Waals surface area contributed by atoms with Gasteiger partial charge in [-0.05, 0) is 36.3 Å². The lowest BCUT2D eigenvalue weighted by molar-refractivity contribution is 0.122. The van der Waals surface area contributed by atoms with Crippen LogP contribution >= 0.6 is 0 Å². The van der Waals surface area contributed by atoms with Gasteiger partial charge >= 0.3 is 0 Å². The van der Waals surface area contributed by atoms with Gasteiger partial charge in [0.1, 0.15) is 0 Å². The van der Waals surface area contributed by atoms with E-state index in [9.17, 15) is 0 Å². The largest absolute Gasteiger partial charge is 0.329 e. The van der Waals surface area contributed by atoms with E-state index in [0.29, 0.717) is 6.04 Å². The van der Waals surface area contributed by atoms with Crippen LogP contribution in [0.25, 0.3) is 0 Å². The Labute approximate surface area is 123 Å². The van der Waals surface area contributed by atoms with Gasteiger partial charge in [-0.1, -0.05) is 49.9 Å².